The first-order valence-corrected chi connectivity index (χ1v) is 7.25. The lowest BCUT2D eigenvalue weighted by Gasteiger charge is -2.14. The molecule has 0 saturated carbocycles. The fraction of sp³-hybridized carbons (Fsp3) is 0.200. The summed E-state index contributed by atoms with van der Waals surface area (Å²) >= 11 is 1.40. The van der Waals surface area contributed by atoms with Crippen LogP contribution in [0.25, 0.3) is 0 Å². The molecule has 1 aromatic carbocycles. The van der Waals surface area contributed by atoms with Gasteiger partial charge in [-0.3, -0.25) is 5.21 Å². The standard InChI is InChI=1S/C15H14FN3O2S/c1-10(19(21)15(17)20)2-7-14-18-9-13(22-14)8-11-3-5-12(16)6-4-11/h3-6,9-10,21H,8H2,1H3,(H2,17,20)/t10-/m1/s1. The number of benzene rings is 1. The number of rotatable bonds is 3. The zero-order valence-electron chi connectivity index (χ0n) is 11.8. The average molecular weight is 319 g/mol. The molecule has 0 fully saturated rings. The van der Waals surface area contributed by atoms with Gasteiger partial charge in [-0.2, -0.15) is 5.06 Å². The fourth-order valence-corrected chi connectivity index (χ4v) is 2.48. The maximum atomic E-state index is 12.8. The van der Waals surface area contributed by atoms with Crippen LogP contribution in [0.4, 0.5) is 9.18 Å². The van der Waals surface area contributed by atoms with Crippen LogP contribution < -0.4 is 5.73 Å². The Bertz CT molecular complexity index is 718. The van der Waals surface area contributed by atoms with Crippen LogP contribution in [0.15, 0.2) is 30.5 Å². The van der Waals surface area contributed by atoms with Gasteiger partial charge in [0, 0.05) is 17.5 Å². The van der Waals surface area contributed by atoms with E-state index in [-0.39, 0.29) is 5.82 Å². The zero-order chi connectivity index (χ0) is 16.1. The Kier molecular flexibility index (Phi) is 5.09. The van der Waals surface area contributed by atoms with E-state index in [1.165, 1.54) is 23.5 Å². The molecule has 0 aliphatic heterocycles. The summed E-state index contributed by atoms with van der Waals surface area (Å²) in [5.74, 6) is 5.20. The number of amides is 2. The first kappa shape index (κ1) is 15.9. The molecule has 0 aliphatic carbocycles. The van der Waals surface area contributed by atoms with E-state index in [9.17, 15) is 14.4 Å². The van der Waals surface area contributed by atoms with Crippen molar-refractivity contribution in [3.05, 3.63) is 51.7 Å². The normalized spacial score (nSPS) is 11.4. The Balaban J connectivity index is 2.03. The van der Waals surface area contributed by atoms with Crippen LogP contribution >= 0.6 is 11.3 Å². The van der Waals surface area contributed by atoms with Gasteiger partial charge in [0.2, 0.25) is 0 Å². The minimum atomic E-state index is -0.960. The molecule has 0 unspecified atom stereocenters. The zero-order valence-corrected chi connectivity index (χ0v) is 12.6. The number of thiazole rings is 1. The summed E-state index contributed by atoms with van der Waals surface area (Å²) in [7, 11) is 0. The number of nitrogens with two attached hydrogens (primary N) is 1. The summed E-state index contributed by atoms with van der Waals surface area (Å²) in [6.45, 7) is 1.55. The van der Waals surface area contributed by atoms with Gasteiger partial charge in [0.25, 0.3) is 0 Å². The third-order valence-corrected chi connectivity index (χ3v) is 3.74. The minimum absolute atomic E-state index is 0.267. The number of halogens is 1. The van der Waals surface area contributed by atoms with Crippen molar-refractivity contribution in [3.63, 3.8) is 0 Å². The summed E-state index contributed by atoms with van der Waals surface area (Å²) in [6.07, 6.45) is 2.34. The first-order chi connectivity index (χ1) is 10.5. The fourth-order valence-electron chi connectivity index (χ4n) is 1.67. The Morgan fingerprint density at radius 3 is 2.82 bits per heavy atom. The van der Waals surface area contributed by atoms with Crippen LogP contribution in [0.3, 0.4) is 0 Å². The lowest BCUT2D eigenvalue weighted by atomic mass is 10.1. The Labute approximate surface area is 131 Å². The topological polar surface area (TPSA) is 79.4 Å². The van der Waals surface area contributed by atoms with Crippen molar-refractivity contribution in [2.24, 2.45) is 5.73 Å². The van der Waals surface area contributed by atoms with Crippen molar-refractivity contribution in [3.8, 4) is 11.8 Å². The van der Waals surface area contributed by atoms with Crippen LogP contribution in [0.5, 0.6) is 0 Å². The molecule has 7 heteroatoms. The third-order valence-electron chi connectivity index (χ3n) is 2.83. The van der Waals surface area contributed by atoms with Crippen LogP contribution in [0.2, 0.25) is 0 Å². The molecule has 0 radical (unpaired) electrons. The number of nitrogens with zero attached hydrogens (tertiary/aromatic N) is 2. The van der Waals surface area contributed by atoms with Gasteiger partial charge < -0.3 is 5.73 Å². The molecule has 22 heavy (non-hydrogen) atoms. The molecule has 2 aromatic rings. The smallest absolute Gasteiger partial charge is 0.339 e. The van der Waals surface area contributed by atoms with Gasteiger partial charge in [-0.1, -0.05) is 18.1 Å². The van der Waals surface area contributed by atoms with Gasteiger partial charge in [-0.25, -0.2) is 14.2 Å². The highest BCUT2D eigenvalue weighted by molar-refractivity contribution is 7.12. The maximum Gasteiger partial charge on any atom is 0.339 e. The molecule has 114 valence electrons. The molecule has 0 spiro atoms. The maximum absolute atomic E-state index is 12.8. The minimum Gasteiger partial charge on any atom is -0.350 e. The molecule has 0 aliphatic rings. The molecule has 2 amide bonds. The summed E-state index contributed by atoms with van der Waals surface area (Å²) in [5, 5.41) is 10.2. The number of carbonyl (C=O) groups excluding carboxylic acids is 1. The van der Waals surface area contributed by atoms with Crippen molar-refractivity contribution < 1.29 is 14.4 Å². The van der Waals surface area contributed by atoms with Gasteiger partial charge in [0.1, 0.15) is 11.9 Å². The van der Waals surface area contributed by atoms with E-state index in [0.717, 1.165) is 10.4 Å². The number of carbonyl (C=O) groups is 1. The van der Waals surface area contributed by atoms with Crippen LogP contribution in [-0.4, -0.2) is 27.3 Å². The average Bonchev–Trinajstić information content (AvgIpc) is 2.94. The lowest BCUT2D eigenvalue weighted by Crippen LogP contribution is -2.38. The van der Waals surface area contributed by atoms with Crippen LogP contribution in [-0.2, 0) is 6.42 Å². The van der Waals surface area contributed by atoms with Gasteiger partial charge in [0.15, 0.2) is 5.01 Å². The second-order valence-corrected chi connectivity index (χ2v) is 5.68. The van der Waals surface area contributed by atoms with E-state index in [1.807, 2.05) is 0 Å². The Hall–Kier alpha value is -2.43. The molecule has 5 nitrogen and oxygen atoms in total. The molecule has 2 rings (SSSR count). The number of urea groups is 1. The number of primary amides is 1. The lowest BCUT2D eigenvalue weighted by molar-refractivity contribution is -0.0536. The van der Waals surface area contributed by atoms with E-state index in [0.29, 0.717) is 16.5 Å². The van der Waals surface area contributed by atoms with E-state index < -0.39 is 12.1 Å². The van der Waals surface area contributed by atoms with Gasteiger partial charge in [0.05, 0.1) is 0 Å². The Morgan fingerprint density at radius 2 is 2.18 bits per heavy atom. The monoisotopic (exact) mass is 319 g/mol. The molecule has 0 saturated heterocycles. The number of aromatic nitrogens is 1. The van der Waals surface area contributed by atoms with Gasteiger partial charge in [-0.05, 0) is 30.5 Å². The summed E-state index contributed by atoms with van der Waals surface area (Å²) in [6, 6.07) is 4.59. The SMILES string of the molecule is C[C@H](C#Cc1ncc(Cc2ccc(F)cc2)s1)N(O)C(N)=O. The van der Waals surface area contributed by atoms with Crippen molar-refractivity contribution in [2.75, 3.05) is 0 Å². The van der Waals surface area contributed by atoms with Crippen molar-refractivity contribution >= 4 is 17.4 Å². The molecule has 0 bridgehead atoms. The van der Waals surface area contributed by atoms with Crippen molar-refractivity contribution in [1.82, 2.24) is 10.0 Å². The number of hydrogen-bond acceptors (Lipinski definition) is 4. The molecule has 1 aromatic heterocycles. The van der Waals surface area contributed by atoms with Gasteiger partial charge >= 0.3 is 6.03 Å². The van der Waals surface area contributed by atoms with E-state index in [4.69, 9.17) is 5.73 Å². The summed E-state index contributed by atoms with van der Waals surface area (Å²) in [4.78, 5) is 15.9. The molecule has 1 atom stereocenters. The van der Waals surface area contributed by atoms with E-state index >= 15 is 0 Å². The second-order valence-electron chi connectivity index (χ2n) is 4.56. The number of hydroxylamine groups is 2. The Morgan fingerprint density at radius 1 is 1.50 bits per heavy atom. The predicted octanol–water partition coefficient (Wildman–Crippen LogP) is 2.38. The van der Waals surface area contributed by atoms with E-state index in [1.54, 1.807) is 25.3 Å². The van der Waals surface area contributed by atoms with Crippen LogP contribution in [0, 0.1) is 17.7 Å². The largest absolute Gasteiger partial charge is 0.350 e. The highest BCUT2D eigenvalue weighted by Gasteiger charge is 2.12. The summed E-state index contributed by atoms with van der Waals surface area (Å²) in [5.41, 5.74) is 5.92. The van der Waals surface area contributed by atoms with E-state index in [2.05, 4.69) is 16.8 Å². The van der Waals surface area contributed by atoms with Crippen molar-refractivity contribution in [1.29, 1.82) is 0 Å². The third kappa shape index (κ3) is 4.28. The molecule has 1 heterocycles. The molecule has 3 N–H and O–H groups in total. The van der Waals surface area contributed by atoms with Crippen molar-refractivity contribution in [2.45, 2.75) is 19.4 Å². The quantitative estimate of drug-likeness (QED) is 0.518. The molecular weight excluding hydrogens is 305 g/mol. The second kappa shape index (κ2) is 7.02. The summed E-state index contributed by atoms with van der Waals surface area (Å²) < 4.78 is 12.8. The molecular formula is C15H14FN3O2S. The van der Waals surface area contributed by atoms with Crippen LogP contribution in [0.1, 0.15) is 22.4 Å². The first-order valence-electron chi connectivity index (χ1n) is 6.44. The highest BCUT2D eigenvalue weighted by atomic mass is 32.1. The number of hydrogen-bond donors (Lipinski definition) is 2. The predicted molar refractivity (Wildman–Crippen MR) is 80.9 cm³/mol. The van der Waals surface area contributed by atoms with Gasteiger partial charge in [-0.15, -0.1) is 11.3 Å². The highest BCUT2D eigenvalue weighted by Crippen LogP contribution is 2.17.